The van der Waals surface area contributed by atoms with Gasteiger partial charge < -0.3 is 5.32 Å². The third-order valence-corrected chi connectivity index (χ3v) is 3.82. The van der Waals surface area contributed by atoms with Crippen LogP contribution in [0.1, 0.15) is 24.0 Å². The number of hydrogen-bond donors (Lipinski definition) is 1. The zero-order valence-electron chi connectivity index (χ0n) is 11.7. The fraction of sp³-hybridized carbons (Fsp3) is 0.571. The number of likely N-dealkylation sites (tertiary alicyclic amines) is 1. The first-order valence-corrected chi connectivity index (χ1v) is 7.02. The number of nitrogens with zero attached hydrogens (tertiary/aromatic N) is 1. The van der Waals surface area contributed by atoms with Crippen LogP contribution in [0.4, 0.5) is 13.2 Å². The second-order valence-electron chi connectivity index (χ2n) is 5.21. The first-order chi connectivity index (χ1) is 9.38. The van der Waals surface area contributed by atoms with Crippen LogP contribution < -0.4 is 5.32 Å². The van der Waals surface area contributed by atoms with Gasteiger partial charge in [0.25, 0.3) is 0 Å². The standard InChI is InChI=1S/C14H18ClF3N2.ClH/c1-19-13-3-2-4-20(9-13)8-10-5-11(14(16,17)18)7-12(15)6-10;/h5-7,13,19H,2-4,8-9H2,1H3;1H. The van der Waals surface area contributed by atoms with Crippen LogP contribution in [0.2, 0.25) is 5.02 Å². The van der Waals surface area contributed by atoms with Crippen LogP contribution in [0.5, 0.6) is 0 Å². The second-order valence-corrected chi connectivity index (χ2v) is 5.65. The maximum atomic E-state index is 12.8. The van der Waals surface area contributed by atoms with Crippen LogP contribution in [0.15, 0.2) is 18.2 Å². The van der Waals surface area contributed by atoms with Gasteiger partial charge in [0.15, 0.2) is 0 Å². The Labute approximate surface area is 134 Å². The summed E-state index contributed by atoms with van der Waals surface area (Å²) < 4.78 is 38.3. The molecule has 1 unspecified atom stereocenters. The van der Waals surface area contributed by atoms with Crippen LogP contribution in [0, 0.1) is 0 Å². The van der Waals surface area contributed by atoms with E-state index in [1.807, 2.05) is 7.05 Å². The summed E-state index contributed by atoms with van der Waals surface area (Å²) in [5, 5.41) is 3.36. The summed E-state index contributed by atoms with van der Waals surface area (Å²) >= 11 is 5.80. The molecule has 7 heteroatoms. The predicted molar refractivity (Wildman–Crippen MR) is 81.1 cm³/mol. The average molecular weight is 343 g/mol. The number of likely N-dealkylation sites (N-methyl/N-ethyl adjacent to an activating group) is 1. The molecular formula is C14H19Cl2F3N2. The zero-order chi connectivity index (χ0) is 14.8. The van der Waals surface area contributed by atoms with Gasteiger partial charge in [0.2, 0.25) is 0 Å². The molecule has 21 heavy (non-hydrogen) atoms. The fourth-order valence-corrected chi connectivity index (χ4v) is 2.86. The number of halogens is 5. The summed E-state index contributed by atoms with van der Waals surface area (Å²) in [7, 11) is 1.91. The number of alkyl halides is 3. The van der Waals surface area contributed by atoms with Gasteiger partial charge in [-0.1, -0.05) is 11.6 Å². The van der Waals surface area contributed by atoms with Crippen molar-refractivity contribution in [3.63, 3.8) is 0 Å². The molecule has 0 amide bonds. The molecule has 0 spiro atoms. The van der Waals surface area contributed by atoms with Gasteiger partial charge in [-0.3, -0.25) is 4.90 Å². The Hall–Kier alpha value is -0.490. The van der Waals surface area contributed by atoms with Gasteiger partial charge >= 0.3 is 6.18 Å². The highest BCUT2D eigenvalue weighted by Gasteiger charge is 2.31. The normalized spacial score (nSPS) is 20.1. The summed E-state index contributed by atoms with van der Waals surface area (Å²) in [6, 6.07) is 4.18. The Morgan fingerprint density at radius 1 is 1.33 bits per heavy atom. The van der Waals surface area contributed by atoms with Gasteiger partial charge in [-0.25, -0.2) is 0 Å². The van der Waals surface area contributed by atoms with E-state index in [0.29, 0.717) is 18.2 Å². The van der Waals surface area contributed by atoms with Crippen LogP contribution in [-0.4, -0.2) is 31.1 Å². The quantitative estimate of drug-likeness (QED) is 0.894. The molecule has 0 bridgehead atoms. The molecule has 1 aliphatic heterocycles. The molecule has 1 fully saturated rings. The van der Waals surface area contributed by atoms with Crippen LogP contribution >= 0.6 is 24.0 Å². The minimum Gasteiger partial charge on any atom is -0.316 e. The lowest BCUT2D eigenvalue weighted by atomic mass is 10.0. The van der Waals surface area contributed by atoms with Crippen molar-refractivity contribution in [3.8, 4) is 0 Å². The van der Waals surface area contributed by atoms with E-state index >= 15 is 0 Å². The maximum Gasteiger partial charge on any atom is 0.416 e. The van der Waals surface area contributed by atoms with Crippen molar-refractivity contribution in [2.24, 2.45) is 0 Å². The van der Waals surface area contributed by atoms with E-state index in [9.17, 15) is 13.2 Å². The Morgan fingerprint density at radius 3 is 2.67 bits per heavy atom. The zero-order valence-corrected chi connectivity index (χ0v) is 13.3. The Bertz CT molecular complexity index is 466. The smallest absolute Gasteiger partial charge is 0.316 e. The third kappa shape index (κ3) is 5.33. The molecule has 0 aromatic heterocycles. The molecule has 1 aromatic rings. The lowest BCUT2D eigenvalue weighted by Gasteiger charge is -2.32. The lowest BCUT2D eigenvalue weighted by molar-refractivity contribution is -0.137. The van der Waals surface area contributed by atoms with Crippen molar-refractivity contribution >= 4 is 24.0 Å². The molecule has 1 saturated heterocycles. The van der Waals surface area contributed by atoms with Crippen molar-refractivity contribution in [3.05, 3.63) is 34.3 Å². The molecule has 1 atom stereocenters. The van der Waals surface area contributed by atoms with Gasteiger partial charge in [0.05, 0.1) is 5.56 Å². The average Bonchev–Trinajstić information content (AvgIpc) is 2.37. The summed E-state index contributed by atoms with van der Waals surface area (Å²) in [5.41, 5.74) is -0.0660. The molecule has 0 saturated carbocycles. The molecule has 2 rings (SSSR count). The Kier molecular flexibility index (Phi) is 6.78. The van der Waals surface area contributed by atoms with Crippen LogP contribution in [0.3, 0.4) is 0 Å². The van der Waals surface area contributed by atoms with Crippen LogP contribution in [-0.2, 0) is 12.7 Å². The topological polar surface area (TPSA) is 15.3 Å². The van der Waals surface area contributed by atoms with E-state index in [1.54, 1.807) is 6.07 Å². The molecular weight excluding hydrogens is 324 g/mol. The number of benzene rings is 1. The van der Waals surface area contributed by atoms with Crippen molar-refractivity contribution in [1.29, 1.82) is 0 Å². The highest BCUT2D eigenvalue weighted by atomic mass is 35.5. The second kappa shape index (κ2) is 7.68. The van der Waals surface area contributed by atoms with Gasteiger partial charge in [0, 0.05) is 24.2 Å². The molecule has 1 heterocycles. The lowest BCUT2D eigenvalue weighted by Crippen LogP contribution is -2.43. The number of nitrogens with one attached hydrogen (secondary N) is 1. The van der Waals surface area contributed by atoms with Crippen molar-refractivity contribution in [2.45, 2.75) is 31.6 Å². The van der Waals surface area contributed by atoms with Crippen molar-refractivity contribution in [2.75, 3.05) is 20.1 Å². The van der Waals surface area contributed by atoms with Gasteiger partial charge in [-0.2, -0.15) is 13.2 Å². The SMILES string of the molecule is CNC1CCCN(Cc2cc(Cl)cc(C(F)(F)F)c2)C1.Cl. The summed E-state index contributed by atoms with van der Waals surface area (Å²) in [6.45, 7) is 2.26. The minimum atomic E-state index is -4.35. The number of rotatable bonds is 3. The first-order valence-electron chi connectivity index (χ1n) is 6.65. The summed E-state index contributed by atoms with van der Waals surface area (Å²) in [5.74, 6) is 0. The van der Waals surface area contributed by atoms with E-state index in [2.05, 4.69) is 10.2 Å². The third-order valence-electron chi connectivity index (χ3n) is 3.60. The predicted octanol–water partition coefficient (Wildman–Crippen LogP) is 3.96. The molecule has 120 valence electrons. The molecule has 1 N–H and O–H groups in total. The summed E-state index contributed by atoms with van der Waals surface area (Å²) in [4.78, 5) is 2.16. The molecule has 1 aliphatic rings. The molecule has 2 nitrogen and oxygen atoms in total. The highest BCUT2D eigenvalue weighted by Crippen LogP contribution is 2.32. The highest BCUT2D eigenvalue weighted by molar-refractivity contribution is 6.30. The maximum absolute atomic E-state index is 12.8. The Balaban J connectivity index is 0.00000220. The van der Waals surface area contributed by atoms with E-state index in [0.717, 1.165) is 32.0 Å². The van der Waals surface area contributed by atoms with E-state index < -0.39 is 11.7 Å². The van der Waals surface area contributed by atoms with Gasteiger partial charge in [-0.15, -0.1) is 12.4 Å². The first kappa shape index (κ1) is 18.6. The number of piperidine rings is 1. The van der Waals surface area contributed by atoms with E-state index in [-0.39, 0.29) is 17.4 Å². The molecule has 0 aliphatic carbocycles. The minimum absolute atomic E-state index is 0. The van der Waals surface area contributed by atoms with Gasteiger partial charge in [-0.05, 0) is 50.2 Å². The summed E-state index contributed by atoms with van der Waals surface area (Å²) in [6.07, 6.45) is -2.19. The van der Waals surface area contributed by atoms with Crippen LogP contribution in [0.25, 0.3) is 0 Å². The number of hydrogen-bond acceptors (Lipinski definition) is 2. The van der Waals surface area contributed by atoms with E-state index in [4.69, 9.17) is 11.6 Å². The van der Waals surface area contributed by atoms with E-state index in [1.165, 1.54) is 6.07 Å². The molecule has 0 radical (unpaired) electrons. The van der Waals surface area contributed by atoms with Crippen molar-refractivity contribution in [1.82, 2.24) is 10.2 Å². The Morgan fingerprint density at radius 2 is 2.05 bits per heavy atom. The largest absolute Gasteiger partial charge is 0.416 e. The van der Waals surface area contributed by atoms with Crippen molar-refractivity contribution < 1.29 is 13.2 Å². The fourth-order valence-electron chi connectivity index (χ4n) is 2.60. The van der Waals surface area contributed by atoms with Gasteiger partial charge in [0.1, 0.15) is 0 Å². The molecule has 1 aromatic carbocycles. The monoisotopic (exact) mass is 342 g/mol.